The van der Waals surface area contributed by atoms with Crippen molar-refractivity contribution >= 4 is 0 Å². The first-order chi connectivity index (χ1) is 13.5. The van der Waals surface area contributed by atoms with Crippen LogP contribution >= 0.6 is 0 Å². The Bertz CT molecular complexity index is 1050. The van der Waals surface area contributed by atoms with Crippen molar-refractivity contribution in [3.63, 3.8) is 0 Å². The number of alkyl halides is 1. The second-order valence-electron chi connectivity index (χ2n) is 6.94. The van der Waals surface area contributed by atoms with Gasteiger partial charge in [-0.15, -0.1) is 0 Å². The predicted octanol–water partition coefficient (Wildman–Crippen LogP) is 5.10. The van der Waals surface area contributed by atoms with Gasteiger partial charge in [0.25, 0.3) is 0 Å². The third-order valence-corrected chi connectivity index (χ3v) is 5.16. The normalized spacial score (nSPS) is 19.1. The highest BCUT2D eigenvalue weighted by Gasteiger charge is 2.35. The lowest BCUT2D eigenvalue weighted by Gasteiger charge is -2.23. The van der Waals surface area contributed by atoms with Crippen LogP contribution in [0, 0.1) is 6.92 Å². The molecule has 0 bridgehead atoms. The van der Waals surface area contributed by atoms with Gasteiger partial charge in [-0.05, 0) is 32.1 Å². The molecule has 0 saturated carbocycles. The van der Waals surface area contributed by atoms with Crippen LogP contribution in [0.1, 0.15) is 30.7 Å². The van der Waals surface area contributed by atoms with Crippen LogP contribution in [0.25, 0.3) is 11.3 Å². The second-order valence-corrected chi connectivity index (χ2v) is 6.94. The average molecular weight is 380 g/mol. The van der Waals surface area contributed by atoms with Crippen LogP contribution in [-0.2, 0) is 18.8 Å². The molecular formula is C22H22F2N4. The first-order valence-corrected chi connectivity index (χ1v) is 9.38. The van der Waals surface area contributed by atoms with Gasteiger partial charge in [0.1, 0.15) is 11.7 Å². The molecule has 0 spiro atoms. The Hall–Kier alpha value is -3.02. The van der Waals surface area contributed by atoms with Gasteiger partial charge in [0.15, 0.2) is 11.5 Å². The van der Waals surface area contributed by atoms with Crippen molar-refractivity contribution in [2.45, 2.75) is 39.0 Å². The largest absolute Gasteiger partial charge is 0.330 e. The average Bonchev–Trinajstić information content (AvgIpc) is 3.30. The van der Waals surface area contributed by atoms with Gasteiger partial charge in [0, 0.05) is 36.6 Å². The zero-order valence-corrected chi connectivity index (χ0v) is 15.9. The van der Waals surface area contributed by atoms with Crippen molar-refractivity contribution in [3.05, 3.63) is 84.1 Å². The van der Waals surface area contributed by atoms with Gasteiger partial charge in [-0.2, -0.15) is 0 Å². The van der Waals surface area contributed by atoms with Gasteiger partial charge in [-0.25, -0.2) is 18.7 Å². The number of allylic oxidation sites excluding steroid dienone is 4. The number of aromatic nitrogens is 4. The molecule has 4 rings (SSSR count). The molecule has 0 amide bonds. The molecular weight excluding hydrogens is 358 g/mol. The van der Waals surface area contributed by atoms with E-state index in [1.165, 1.54) is 12.2 Å². The van der Waals surface area contributed by atoms with E-state index < -0.39 is 11.5 Å². The summed E-state index contributed by atoms with van der Waals surface area (Å²) in [6.45, 7) is 5.27. The first kappa shape index (κ1) is 18.3. The molecule has 1 aliphatic rings. The number of imidazole rings is 2. The summed E-state index contributed by atoms with van der Waals surface area (Å²) in [5.41, 5.74) is 1.23. The molecule has 144 valence electrons. The van der Waals surface area contributed by atoms with Crippen LogP contribution in [-0.4, -0.2) is 19.1 Å². The molecule has 4 nitrogen and oxygen atoms in total. The standard InChI is InChI=1S/C22H22F2N4/c1-3-28-16(2)20(17-7-5-4-6-8-17)26-19(28)15-27-14-13-25-21(27)22(24)11-9-18(23)10-12-22/h4-11,13-14H,3,12,15H2,1-2H3. The zero-order chi connectivity index (χ0) is 19.7. The minimum absolute atomic E-state index is 0.0666. The SMILES string of the molecule is CCn1c(Cn2ccnc2C2(F)C=CC(F)=CC2)nc(-c2ccccc2)c1C. The van der Waals surface area contributed by atoms with Gasteiger partial charge < -0.3 is 9.13 Å². The van der Waals surface area contributed by atoms with E-state index in [0.29, 0.717) is 6.54 Å². The maximum Gasteiger partial charge on any atom is 0.190 e. The van der Waals surface area contributed by atoms with E-state index in [4.69, 9.17) is 4.98 Å². The van der Waals surface area contributed by atoms with Crippen LogP contribution in [0.15, 0.2) is 66.8 Å². The lowest BCUT2D eigenvalue weighted by molar-refractivity contribution is 0.211. The van der Waals surface area contributed by atoms with Crippen LogP contribution in [0.2, 0.25) is 0 Å². The minimum Gasteiger partial charge on any atom is -0.330 e. The number of halogens is 2. The van der Waals surface area contributed by atoms with Gasteiger partial charge in [0.05, 0.1) is 12.2 Å². The van der Waals surface area contributed by atoms with Crippen LogP contribution in [0.5, 0.6) is 0 Å². The zero-order valence-electron chi connectivity index (χ0n) is 15.9. The molecule has 28 heavy (non-hydrogen) atoms. The van der Waals surface area contributed by atoms with E-state index in [1.807, 2.05) is 37.3 Å². The van der Waals surface area contributed by atoms with Gasteiger partial charge in [-0.1, -0.05) is 30.3 Å². The van der Waals surface area contributed by atoms with Gasteiger partial charge >= 0.3 is 0 Å². The summed E-state index contributed by atoms with van der Waals surface area (Å²) in [6, 6.07) is 10.0. The van der Waals surface area contributed by atoms with Crippen LogP contribution < -0.4 is 0 Å². The van der Waals surface area contributed by atoms with Crippen molar-refractivity contribution in [2.24, 2.45) is 0 Å². The summed E-state index contributed by atoms with van der Waals surface area (Å²) in [6.07, 6.45) is 6.91. The molecule has 1 unspecified atom stereocenters. The number of rotatable bonds is 5. The molecule has 3 aromatic rings. The molecule has 6 heteroatoms. The number of hydrogen-bond donors (Lipinski definition) is 0. The Labute approximate surface area is 162 Å². The molecule has 1 aliphatic carbocycles. The smallest absolute Gasteiger partial charge is 0.190 e. The highest BCUT2D eigenvalue weighted by Crippen LogP contribution is 2.35. The van der Waals surface area contributed by atoms with Crippen molar-refractivity contribution in [1.29, 1.82) is 0 Å². The van der Waals surface area contributed by atoms with Gasteiger partial charge in [-0.3, -0.25) is 0 Å². The molecule has 0 N–H and O–H groups in total. The van der Waals surface area contributed by atoms with Crippen LogP contribution in [0.4, 0.5) is 8.78 Å². The lowest BCUT2D eigenvalue weighted by atomic mass is 9.96. The van der Waals surface area contributed by atoms with Crippen LogP contribution in [0.3, 0.4) is 0 Å². The highest BCUT2D eigenvalue weighted by atomic mass is 19.1. The number of nitrogens with zero attached hydrogens (tertiary/aromatic N) is 4. The first-order valence-electron chi connectivity index (χ1n) is 9.38. The quantitative estimate of drug-likeness (QED) is 0.617. The number of benzene rings is 1. The van der Waals surface area contributed by atoms with E-state index in [2.05, 4.69) is 16.5 Å². The monoisotopic (exact) mass is 380 g/mol. The highest BCUT2D eigenvalue weighted by molar-refractivity contribution is 5.62. The molecule has 0 aliphatic heterocycles. The third-order valence-electron chi connectivity index (χ3n) is 5.16. The predicted molar refractivity (Wildman–Crippen MR) is 105 cm³/mol. The molecule has 0 fully saturated rings. The number of hydrogen-bond acceptors (Lipinski definition) is 2. The molecule has 0 saturated heterocycles. The Balaban J connectivity index is 1.70. The van der Waals surface area contributed by atoms with E-state index in [9.17, 15) is 4.39 Å². The summed E-state index contributed by atoms with van der Waals surface area (Å²) in [5.74, 6) is 0.677. The summed E-state index contributed by atoms with van der Waals surface area (Å²) in [4.78, 5) is 9.07. The Morgan fingerprint density at radius 1 is 1.21 bits per heavy atom. The van der Waals surface area contributed by atoms with E-state index in [-0.39, 0.29) is 12.2 Å². The summed E-state index contributed by atoms with van der Waals surface area (Å²) < 4.78 is 32.6. The summed E-state index contributed by atoms with van der Waals surface area (Å²) >= 11 is 0. The van der Waals surface area contributed by atoms with Crippen molar-refractivity contribution in [1.82, 2.24) is 19.1 Å². The molecule has 2 aromatic heterocycles. The fourth-order valence-corrected chi connectivity index (χ4v) is 3.72. The van der Waals surface area contributed by atoms with Crippen molar-refractivity contribution in [2.75, 3.05) is 0 Å². The molecule has 0 radical (unpaired) electrons. The van der Waals surface area contributed by atoms with E-state index in [1.54, 1.807) is 17.0 Å². The van der Waals surface area contributed by atoms with E-state index >= 15 is 4.39 Å². The molecule has 2 heterocycles. The Kier molecular flexibility index (Phi) is 4.71. The summed E-state index contributed by atoms with van der Waals surface area (Å²) in [5, 5.41) is 0. The maximum atomic E-state index is 15.4. The minimum atomic E-state index is -1.82. The summed E-state index contributed by atoms with van der Waals surface area (Å²) in [7, 11) is 0. The maximum absolute atomic E-state index is 15.4. The van der Waals surface area contributed by atoms with Crippen molar-refractivity contribution in [3.8, 4) is 11.3 Å². The Morgan fingerprint density at radius 3 is 2.68 bits per heavy atom. The Morgan fingerprint density at radius 2 is 2.00 bits per heavy atom. The van der Waals surface area contributed by atoms with Crippen molar-refractivity contribution < 1.29 is 8.78 Å². The lowest BCUT2D eigenvalue weighted by Crippen LogP contribution is -2.24. The fourth-order valence-electron chi connectivity index (χ4n) is 3.72. The topological polar surface area (TPSA) is 35.6 Å². The third kappa shape index (κ3) is 3.19. The fraction of sp³-hybridized carbons (Fsp3) is 0.273. The second kappa shape index (κ2) is 7.19. The van der Waals surface area contributed by atoms with Gasteiger partial charge in [0.2, 0.25) is 0 Å². The molecule has 1 aromatic carbocycles. The van der Waals surface area contributed by atoms with E-state index in [0.717, 1.165) is 35.4 Å². The molecule has 1 atom stereocenters.